The van der Waals surface area contributed by atoms with Crippen LogP contribution in [0.3, 0.4) is 0 Å². The average Bonchev–Trinajstić information content (AvgIpc) is 3.48. The lowest BCUT2D eigenvalue weighted by atomic mass is 10.1. The van der Waals surface area contributed by atoms with E-state index in [9.17, 15) is 4.79 Å². The van der Waals surface area contributed by atoms with Crippen LogP contribution in [0, 0.1) is 19.3 Å². The Bertz CT molecular complexity index is 1150. The van der Waals surface area contributed by atoms with E-state index < -0.39 is 0 Å². The van der Waals surface area contributed by atoms with E-state index in [1.807, 2.05) is 25.1 Å². The van der Waals surface area contributed by atoms with Crippen molar-refractivity contribution in [2.75, 3.05) is 13.1 Å². The molecule has 3 aliphatic rings. The fourth-order valence-electron chi connectivity index (χ4n) is 4.16. The van der Waals surface area contributed by atoms with Gasteiger partial charge in [-0.1, -0.05) is 30.3 Å². The van der Waals surface area contributed by atoms with Crippen LogP contribution < -0.4 is 0 Å². The summed E-state index contributed by atoms with van der Waals surface area (Å²) in [6.45, 7) is 6.80. The second kappa shape index (κ2) is 7.85. The first kappa shape index (κ1) is 19.8. The number of carbonyl (C=O) groups is 1. The third-order valence-corrected chi connectivity index (χ3v) is 6.89. The molecule has 0 aliphatic carbocycles. The number of aryl methyl sites for hydroxylation is 1. The Morgan fingerprint density at radius 1 is 1.13 bits per heavy atom. The van der Waals surface area contributed by atoms with Gasteiger partial charge < -0.3 is 9.47 Å². The quantitative estimate of drug-likeness (QED) is 0.748. The van der Waals surface area contributed by atoms with Crippen molar-refractivity contribution in [2.45, 2.75) is 33.2 Å². The van der Waals surface area contributed by atoms with Crippen molar-refractivity contribution in [2.24, 2.45) is 10.1 Å². The van der Waals surface area contributed by atoms with Crippen LogP contribution in [0.2, 0.25) is 0 Å². The zero-order chi connectivity index (χ0) is 21.5. The van der Waals surface area contributed by atoms with Gasteiger partial charge in [0.05, 0.1) is 5.57 Å². The molecule has 1 amide bonds. The Labute approximate surface area is 185 Å². The summed E-state index contributed by atoms with van der Waals surface area (Å²) in [6, 6.07) is 12.4. The number of hydrogen-bond donors (Lipinski definition) is 1. The van der Waals surface area contributed by atoms with Gasteiger partial charge in [0.25, 0.3) is 5.91 Å². The van der Waals surface area contributed by atoms with Gasteiger partial charge in [-0.3, -0.25) is 10.2 Å². The van der Waals surface area contributed by atoms with E-state index in [1.165, 1.54) is 22.3 Å². The minimum atomic E-state index is -0.380. The zero-order valence-electron chi connectivity index (χ0n) is 17.6. The molecule has 2 aromatic rings. The maximum absolute atomic E-state index is 12.8. The number of fused-ring (bicyclic) bond motifs is 1. The SMILES string of the molecule is Cc1cc(/C=C2/C(=N)N3N=C(N4CCCC4)SC3=NC2=O)c(C)n1Cc1ccccc1. The standard InChI is InChI=1S/C23H24N6OS/c1-15-12-18(16(2)28(15)14-17-8-4-3-5-9-17)13-19-20(24)29-22(25-21(19)30)31-23(26-29)27-10-6-7-11-27/h3-5,8-9,12-13,24H,6-7,10-11,14H2,1-2H3/b19-13-,24-20?. The largest absolute Gasteiger partial charge is 0.349 e. The van der Waals surface area contributed by atoms with E-state index in [1.54, 1.807) is 6.08 Å². The summed E-state index contributed by atoms with van der Waals surface area (Å²) in [5.74, 6) is -0.293. The van der Waals surface area contributed by atoms with Crippen LogP contribution in [0.25, 0.3) is 6.08 Å². The number of carbonyl (C=O) groups excluding carboxylic acids is 1. The number of hydrazone groups is 1. The van der Waals surface area contributed by atoms with Gasteiger partial charge in [0.2, 0.25) is 5.17 Å². The summed E-state index contributed by atoms with van der Waals surface area (Å²) >= 11 is 1.38. The van der Waals surface area contributed by atoms with Gasteiger partial charge in [0, 0.05) is 31.0 Å². The Morgan fingerprint density at radius 3 is 2.61 bits per heavy atom. The molecule has 0 unspecified atom stereocenters. The number of benzene rings is 1. The number of amides is 1. The third-order valence-electron chi connectivity index (χ3n) is 5.92. The van der Waals surface area contributed by atoms with Crippen LogP contribution in [0.15, 0.2) is 52.1 Å². The number of amidine groups is 3. The van der Waals surface area contributed by atoms with Crippen LogP contribution >= 0.6 is 11.8 Å². The molecule has 0 atom stereocenters. The van der Waals surface area contributed by atoms with Crippen LogP contribution in [0.4, 0.5) is 0 Å². The molecule has 1 saturated heterocycles. The zero-order valence-corrected chi connectivity index (χ0v) is 18.4. The van der Waals surface area contributed by atoms with Gasteiger partial charge in [-0.05, 0) is 61.7 Å². The summed E-state index contributed by atoms with van der Waals surface area (Å²) in [5.41, 5.74) is 4.59. The average molecular weight is 433 g/mol. The maximum atomic E-state index is 12.8. The third kappa shape index (κ3) is 3.61. The molecule has 0 radical (unpaired) electrons. The fourth-order valence-corrected chi connectivity index (χ4v) is 5.10. The molecule has 1 N–H and O–H groups in total. The first-order chi connectivity index (χ1) is 15.0. The lowest BCUT2D eigenvalue weighted by molar-refractivity contribution is -0.114. The number of rotatable bonds is 3. The monoisotopic (exact) mass is 432 g/mol. The van der Waals surface area contributed by atoms with Crippen LogP contribution in [0.1, 0.15) is 35.4 Å². The van der Waals surface area contributed by atoms with Crippen molar-refractivity contribution in [1.29, 1.82) is 5.41 Å². The van der Waals surface area contributed by atoms with Gasteiger partial charge in [-0.15, -0.1) is 5.10 Å². The Morgan fingerprint density at radius 2 is 1.87 bits per heavy atom. The van der Waals surface area contributed by atoms with Gasteiger partial charge in [0.1, 0.15) is 0 Å². The second-order valence-corrected chi connectivity index (χ2v) is 8.93. The highest BCUT2D eigenvalue weighted by Crippen LogP contribution is 2.31. The molecule has 0 bridgehead atoms. The minimum Gasteiger partial charge on any atom is -0.349 e. The lowest BCUT2D eigenvalue weighted by Crippen LogP contribution is -2.35. The molecule has 1 aromatic carbocycles. The number of nitrogens with one attached hydrogen (secondary N) is 1. The number of hydrogen-bond acceptors (Lipinski definition) is 5. The second-order valence-electron chi connectivity index (χ2n) is 7.99. The predicted molar refractivity (Wildman–Crippen MR) is 125 cm³/mol. The molecular weight excluding hydrogens is 408 g/mol. The Balaban J connectivity index is 1.44. The molecule has 0 saturated carbocycles. The first-order valence-electron chi connectivity index (χ1n) is 10.5. The normalized spacial score (nSPS) is 19.9. The molecule has 5 rings (SSSR count). The molecule has 1 aromatic heterocycles. The molecule has 3 aliphatic heterocycles. The summed E-state index contributed by atoms with van der Waals surface area (Å²) in [4.78, 5) is 19.2. The first-order valence-corrected chi connectivity index (χ1v) is 11.3. The molecule has 7 nitrogen and oxygen atoms in total. The molecule has 158 valence electrons. The van der Waals surface area contributed by atoms with Crippen molar-refractivity contribution in [1.82, 2.24) is 14.5 Å². The number of aliphatic imine (C=N–C) groups is 1. The molecule has 31 heavy (non-hydrogen) atoms. The van der Waals surface area contributed by atoms with Crippen LogP contribution in [0.5, 0.6) is 0 Å². The van der Waals surface area contributed by atoms with E-state index >= 15 is 0 Å². The maximum Gasteiger partial charge on any atom is 0.283 e. The van der Waals surface area contributed by atoms with Crippen molar-refractivity contribution < 1.29 is 4.79 Å². The van der Waals surface area contributed by atoms with E-state index in [4.69, 9.17) is 5.41 Å². The molecule has 4 heterocycles. The predicted octanol–water partition coefficient (Wildman–Crippen LogP) is 3.83. The van der Waals surface area contributed by atoms with Gasteiger partial charge in [-0.2, -0.15) is 10.0 Å². The summed E-state index contributed by atoms with van der Waals surface area (Å²) < 4.78 is 2.22. The van der Waals surface area contributed by atoms with E-state index in [-0.39, 0.29) is 17.3 Å². The van der Waals surface area contributed by atoms with Gasteiger partial charge >= 0.3 is 0 Å². The number of nitrogens with zero attached hydrogens (tertiary/aromatic N) is 5. The summed E-state index contributed by atoms with van der Waals surface area (Å²) in [7, 11) is 0. The van der Waals surface area contributed by atoms with Gasteiger partial charge in [-0.25, -0.2) is 0 Å². The highest BCUT2D eigenvalue weighted by atomic mass is 32.2. The Hall–Kier alpha value is -3.13. The highest BCUT2D eigenvalue weighted by molar-refractivity contribution is 8.26. The van der Waals surface area contributed by atoms with Gasteiger partial charge in [0.15, 0.2) is 11.0 Å². The fraction of sp³-hybridized carbons (Fsp3) is 0.304. The molecule has 1 fully saturated rings. The lowest BCUT2D eigenvalue weighted by Gasteiger charge is -2.20. The summed E-state index contributed by atoms with van der Waals surface area (Å²) in [5, 5.41) is 16.0. The highest BCUT2D eigenvalue weighted by Gasteiger charge is 2.37. The van der Waals surface area contributed by atoms with E-state index in [0.29, 0.717) is 5.17 Å². The van der Waals surface area contributed by atoms with Crippen molar-refractivity contribution in [3.8, 4) is 0 Å². The molecular formula is C23H24N6OS. The van der Waals surface area contributed by atoms with Crippen molar-refractivity contribution in [3.05, 3.63) is 64.5 Å². The van der Waals surface area contributed by atoms with Crippen molar-refractivity contribution in [3.63, 3.8) is 0 Å². The Kier molecular flexibility index (Phi) is 5.02. The topological polar surface area (TPSA) is 77.1 Å². The van der Waals surface area contributed by atoms with Crippen LogP contribution in [-0.2, 0) is 11.3 Å². The number of aromatic nitrogens is 1. The molecule has 8 heteroatoms. The minimum absolute atomic E-state index is 0.0876. The van der Waals surface area contributed by atoms with E-state index in [2.05, 4.69) is 44.7 Å². The van der Waals surface area contributed by atoms with Crippen molar-refractivity contribution >= 4 is 39.9 Å². The van der Waals surface area contributed by atoms with E-state index in [0.717, 1.165) is 54.6 Å². The smallest absolute Gasteiger partial charge is 0.283 e. The summed E-state index contributed by atoms with van der Waals surface area (Å²) in [6.07, 6.45) is 4.07. The number of thioether (sulfide) groups is 1. The molecule has 0 spiro atoms. The van der Waals surface area contributed by atoms with Crippen LogP contribution in [-0.4, -0.2) is 49.6 Å². The number of likely N-dealkylation sites (tertiary alicyclic amines) is 1.